The van der Waals surface area contributed by atoms with E-state index in [1.54, 1.807) is 19.2 Å². The molecule has 0 aliphatic carbocycles. The molecule has 0 bridgehead atoms. The molecule has 0 spiro atoms. The summed E-state index contributed by atoms with van der Waals surface area (Å²) in [5.41, 5.74) is 4.29. The number of benzene rings is 2. The Labute approximate surface area is 176 Å². The van der Waals surface area contributed by atoms with Crippen LogP contribution in [-0.4, -0.2) is 29.4 Å². The van der Waals surface area contributed by atoms with Crippen molar-refractivity contribution in [1.29, 1.82) is 0 Å². The average molecular weight is 458 g/mol. The zero-order valence-corrected chi connectivity index (χ0v) is 17.8. The second kappa shape index (κ2) is 8.43. The lowest BCUT2D eigenvalue weighted by molar-refractivity contribution is 0.102. The molecule has 0 atom stereocenters. The van der Waals surface area contributed by atoms with Gasteiger partial charge in [0.1, 0.15) is 5.75 Å². The molecular formula is C21H20BrN3O2S. The average Bonchev–Trinajstić information content (AvgIpc) is 3.14. The number of thiazole rings is 1. The van der Waals surface area contributed by atoms with Gasteiger partial charge in [-0.15, -0.1) is 11.3 Å². The number of nitrogens with one attached hydrogen (secondary N) is 1. The summed E-state index contributed by atoms with van der Waals surface area (Å²) in [6.07, 6.45) is 1.00. The molecule has 2 heterocycles. The fourth-order valence-electron chi connectivity index (χ4n) is 3.29. The fraction of sp³-hybridized carbons (Fsp3) is 0.238. The Bertz CT molecular complexity index is 988. The van der Waals surface area contributed by atoms with Gasteiger partial charge in [0.15, 0.2) is 5.13 Å². The zero-order valence-electron chi connectivity index (χ0n) is 15.4. The number of ether oxygens (including phenoxy) is 1. The number of carbonyl (C=O) groups is 1. The SMILES string of the molecule is COc1ccc2c(c1)CCN(Cc1csc(NC(=O)c3ccc(Br)cc3)n1)C2. The first kappa shape index (κ1) is 19.1. The van der Waals surface area contributed by atoms with Gasteiger partial charge < -0.3 is 4.74 Å². The third-order valence-corrected chi connectivity index (χ3v) is 6.10. The van der Waals surface area contributed by atoms with Crippen molar-refractivity contribution in [3.63, 3.8) is 0 Å². The largest absolute Gasteiger partial charge is 0.497 e. The van der Waals surface area contributed by atoms with E-state index in [-0.39, 0.29) is 5.91 Å². The highest BCUT2D eigenvalue weighted by molar-refractivity contribution is 9.10. The van der Waals surface area contributed by atoms with Crippen molar-refractivity contribution in [3.05, 3.63) is 74.7 Å². The van der Waals surface area contributed by atoms with Gasteiger partial charge in [-0.2, -0.15) is 0 Å². The van der Waals surface area contributed by atoms with Gasteiger partial charge in [-0.25, -0.2) is 4.98 Å². The maximum Gasteiger partial charge on any atom is 0.257 e. The third kappa shape index (κ3) is 4.43. The second-order valence-electron chi connectivity index (χ2n) is 6.70. The van der Waals surface area contributed by atoms with E-state index in [1.165, 1.54) is 22.5 Å². The summed E-state index contributed by atoms with van der Waals surface area (Å²) in [5, 5.41) is 5.53. The maximum absolute atomic E-state index is 12.3. The van der Waals surface area contributed by atoms with Gasteiger partial charge >= 0.3 is 0 Å². The summed E-state index contributed by atoms with van der Waals surface area (Å²) in [7, 11) is 1.70. The van der Waals surface area contributed by atoms with Crippen LogP contribution < -0.4 is 10.1 Å². The molecule has 0 saturated carbocycles. The predicted molar refractivity (Wildman–Crippen MR) is 115 cm³/mol. The lowest BCUT2D eigenvalue weighted by atomic mass is 9.99. The number of hydrogen-bond acceptors (Lipinski definition) is 5. The molecule has 1 aliphatic rings. The summed E-state index contributed by atoms with van der Waals surface area (Å²) in [4.78, 5) is 19.3. The molecule has 7 heteroatoms. The van der Waals surface area contributed by atoms with Crippen molar-refractivity contribution in [2.75, 3.05) is 19.0 Å². The number of nitrogens with zero attached hydrogens (tertiary/aromatic N) is 2. The number of hydrogen-bond donors (Lipinski definition) is 1. The van der Waals surface area contributed by atoms with Crippen LogP contribution in [-0.2, 0) is 19.5 Å². The molecule has 1 amide bonds. The summed E-state index contributed by atoms with van der Waals surface area (Å²) in [6, 6.07) is 13.6. The molecule has 0 saturated heterocycles. The van der Waals surface area contributed by atoms with Crippen molar-refractivity contribution in [1.82, 2.24) is 9.88 Å². The second-order valence-corrected chi connectivity index (χ2v) is 8.47. The van der Waals surface area contributed by atoms with Gasteiger partial charge in [0.05, 0.1) is 12.8 Å². The van der Waals surface area contributed by atoms with Crippen LogP contribution in [0, 0.1) is 0 Å². The Kier molecular flexibility index (Phi) is 5.75. The number of anilines is 1. The number of fused-ring (bicyclic) bond motifs is 1. The van der Waals surface area contributed by atoms with E-state index < -0.39 is 0 Å². The quantitative estimate of drug-likeness (QED) is 0.601. The van der Waals surface area contributed by atoms with E-state index in [9.17, 15) is 4.79 Å². The molecule has 1 N–H and O–H groups in total. The van der Waals surface area contributed by atoms with Crippen LogP contribution in [0.4, 0.5) is 5.13 Å². The monoisotopic (exact) mass is 457 g/mol. The summed E-state index contributed by atoms with van der Waals surface area (Å²) in [6.45, 7) is 2.66. The molecule has 0 fully saturated rings. The summed E-state index contributed by atoms with van der Waals surface area (Å²) in [5.74, 6) is 0.770. The van der Waals surface area contributed by atoms with Crippen LogP contribution in [0.3, 0.4) is 0 Å². The minimum atomic E-state index is -0.144. The standard InChI is InChI=1S/C21H20BrN3O2S/c1-27-19-7-4-16-11-25(9-8-15(16)10-19)12-18-13-28-21(23-18)24-20(26)14-2-5-17(22)6-3-14/h2-7,10,13H,8-9,11-12H2,1H3,(H,23,24,26). The van der Waals surface area contributed by atoms with E-state index in [2.05, 4.69) is 43.3 Å². The maximum atomic E-state index is 12.3. The first-order valence-corrected chi connectivity index (χ1v) is 10.7. The molecule has 0 unspecified atom stereocenters. The fourth-order valence-corrected chi connectivity index (χ4v) is 4.25. The van der Waals surface area contributed by atoms with Crippen LogP contribution >= 0.6 is 27.3 Å². The molecule has 1 aromatic heterocycles. The number of aromatic nitrogens is 1. The number of carbonyl (C=O) groups excluding carboxylic acids is 1. The van der Waals surface area contributed by atoms with Crippen molar-refractivity contribution in [3.8, 4) is 5.75 Å². The number of halogens is 1. The molecule has 144 valence electrons. The molecule has 0 radical (unpaired) electrons. The van der Waals surface area contributed by atoms with Gasteiger partial charge in [0.25, 0.3) is 5.91 Å². The van der Waals surface area contributed by atoms with Crippen molar-refractivity contribution in [2.45, 2.75) is 19.5 Å². The van der Waals surface area contributed by atoms with Crippen LogP contribution in [0.1, 0.15) is 27.2 Å². The number of rotatable bonds is 5. The van der Waals surface area contributed by atoms with E-state index in [0.29, 0.717) is 10.7 Å². The molecule has 4 rings (SSSR count). The summed E-state index contributed by atoms with van der Waals surface area (Å²) >= 11 is 4.84. The van der Waals surface area contributed by atoms with Crippen LogP contribution in [0.25, 0.3) is 0 Å². The highest BCUT2D eigenvalue weighted by atomic mass is 79.9. The van der Waals surface area contributed by atoms with E-state index in [0.717, 1.165) is 42.0 Å². The lowest BCUT2D eigenvalue weighted by Gasteiger charge is -2.28. The van der Waals surface area contributed by atoms with Crippen LogP contribution in [0.5, 0.6) is 5.75 Å². The minimum absolute atomic E-state index is 0.144. The minimum Gasteiger partial charge on any atom is -0.497 e. The normalized spacial score (nSPS) is 13.8. The van der Waals surface area contributed by atoms with Gasteiger partial charge in [-0.05, 0) is 53.9 Å². The Morgan fingerprint density at radius 2 is 2.07 bits per heavy atom. The van der Waals surface area contributed by atoms with Crippen molar-refractivity contribution in [2.24, 2.45) is 0 Å². The lowest BCUT2D eigenvalue weighted by Crippen LogP contribution is -2.30. The topological polar surface area (TPSA) is 54.5 Å². The van der Waals surface area contributed by atoms with Crippen LogP contribution in [0.15, 0.2) is 52.3 Å². The number of methoxy groups -OCH3 is 1. The van der Waals surface area contributed by atoms with Crippen LogP contribution in [0.2, 0.25) is 0 Å². The van der Waals surface area contributed by atoms with Gasteiger partial charge in [-0.3, -0.25) is 15.0 Å². The first-order valence-electron chi connectivity index (χ1n) is 9.00. The zero-order chi connectivity index (χ0) is 19.5. The first-order chi connectivity index (χ1) is 13.6. The molecule has 2 aromatic carbocycles. The van der Waals surface area contributed by atoms with Gasteiger partial charge in [0.2, 0.25) is 0 Å². The number of amides is 1. The van der Waals surface area contributed by atoms with Gasteiger partial charge in [-0.1, -0.05) is 22.0 Å². The van der Waals surface area contributed by atoms with Crippen molar-refractivity contribution >= 4 is 38.3 Å². The molecule has 1 aliphatic heterocycles. The van der Waals surface area contributed by atoms with E-state index in [4.69, 9.17) is 4.74 Å². The molecule has 3 aromatic rings. The highest BCUT2D eigenvalue weighted by Crippen LogP contribution is 2.25. The molecular weight excluding hydrogens is 438 g/mol. The highest BCUT2D eigenvalue weighted by Gasteiger charge is 2.18. The van der Waals surface area contributed by atoms with Crippen molar-refractivity contribution < 1.29 is 9.53 Å². The Morgan fingerprint density at radius 1 is 1.25 bits per heavy atom. The molecule has 5 nitrogen and oxygen atoms in total. The van der Waals surface area contributed by atoms with Gasteiger partial charge in [0, 0.05) is 35.1 Å². The third-order valence-electron chi connectivity index (χ3n) is 4.77. The smallest absolute Gasteiger partial charge is 0.257 e. The Hall–Kier alpha value is -2.22. The Balaban J connectivity index is 1.37. The summed E-state index contributed by atoms with van der Waals surface area (Å²) < 4.78 is 6.26. The Morgan fingerprint density at radius 3 is 2.86 bits per heavy atom. The molecule has 28 heavy (non-hydrogen) atoms. The van der Waals surface area contributed by atoms with E-state index in [1.807, 2.05) is 23.6 Å². The van der Waals surface area contributed by atoms with E-state index >= 15 is 0 Å². The predicted octanol–water partition coefficient (Wildman–Crippen LogP) is 4.72.